The van der Waals surface area contributed by atoms with Crippen LogP contribution in [-0.4, -0.2) is 15.8 Å². The fourth-order valence-corrected chi connectivity index (χ4v) is 2.97. The number of rotatable bonds is 2. The summed E-state index contributed by atoms with van der Waals surface area (Å²) < 4.78 is 28.4. The van der Waals surface area contributed by atoms with Crippen LogP contribution in [0.3, 0.4) is 0 Å². The Labute approximate surface area is 128 Å². The molecule has 1 aliphatic rings. The molecule has 3 rings (SSSR count). The van der Waals surface area contributed by atoms with E-state index < -0.39 is 17.7 Å². The Kier molecular flexibility index (Phi) is 3.49. The van der Waals surface area contributed by atoms with E-state index in [0.717, 1.165) is 0 Å². The molecule has 1 aliphatic heterocycles. The van der Waals surface area contributed by atoms with Crippen LogP contribution in [0, 0.1) is 11.6 Å². The molecule has 0 unspecified atom stereocenters. The molecule has 0 bridgehead atoms. The number of hydrogen-bond acceptors (Lipinski definition) is 2. The third-order valence-corrected chi connectivity index (χ3v) is 4.09. The first-order valence-electron chi connectivity index (χ1n) is 6.38. The van der Waals surface area contributed by atoms with Gasteiger partial charge in [-0.1, -0.05) is 15.9 Å². The molecular weight excluding hydrogens is 342 g/mol. The van der Waals surface area contributed by atoms with Gasteiger partial charge in [0.25, 0.3) is 5.91 Å². The number of fused-ring (bicyclic) bond motifs is 1. The molecule has 0 spiro atoms. The molecule has 1 atom stereocenters. The molecule has 0 saturated heterocycles. The average molecular weight is 353 g/mol. The van der Waals surface area contributed by atoms with Crippen LogP contribution in [-0.2, 0) is 6.54 Å². The molecule has 21 heavy (non-hydrogen) atoms. The van der Waals surface area contributed by atoms with Gasteiger partial charge in [0.15, 0.2) is 0 Å². The van der Waals surface area contributed by atoms with Crippen molar-refractivity contribution in [3.63, 3.8) is 0 Å². The Morgan fingerprint density at radius 1 is 1.33 bits per heavy atom. The zero-order chi connectivity index (χ0) is 15.1. The number of carbonyl (C=O) groups excluding carboxylic acids is 1. The molecule has 0 fully saturated rings. The summed E-state index contributed by atoms with van der Waals surface area (Å²) in [5.74, 6) is -1.61. The molecule has 1 aromatic carbocycles. The van der Waals surface area contributed by atoms with Crippen molar-refractivity contribution in [1.82, 2.24) is 9.88 Å². The van der Waals surface area contributed by atoms with Crippen LogP contribution < -0.4 is 0 Å². The van der Waals surface area contributed by atoms with Gasteiger partial charge in [0.1, 0.15) is 11.6 Å². The highest BCUT2D eigenvalue weighted by Gasteiger charge is 2.34. The smallest absolute Gasteiger partial charge is 0.256 e. The second kappa shape index (κ2) is 5.18. The first kappa shape index (κ1) is 14.1. The number of benzene rings is 1. The minimum atomic E-state index is -0.709. The Hall–Kier alpha value is -1.82. The van der Waals surface area contributed by atoms with Gasteiger partial charge in [-0.05, 0) is 31.2 Å². The van der Waals surface area contributed by atoms with Crippen LogP contribution in [0.25, 0.3) is 0 Å². The topological polar surface area (TPSA) is 33.2 Å². The van der Waals surface area contributed by atoms with Crippen molar-refractivity contribution in [2.75, 3.05) is 0 Å². The monoisotopic (exact) mass is 352 g/mol. The van der Waals surface area contributed by atoms with Gasteiger partial charge in [-0.25, -0.2) is 8.78 Å². The average Bonchev–Trinajstić information content (AvgIpc) is 2.75. The van der Waals surface area contributed by atoms with E-state index in [4.69, 9.17) is 0 Å². The van der Waals surface area contributed by atoms with Crippen LogP contribution in [0.5, 0.6) is 0 Å². The second-order valence-electron chi connectivity index (χ2n) is 4.89. The molecule has 0 saturated carbocycles. The maximum atomic E-state index is 14.0. The predicted octanol–water partition coefficient (Wildman–Crippen LogP) is 3.84. The minimum absolute atomic E-state index is 0.112. The highest BCUT2D eigenvalue weighted by Crippen LogP contribution is 2.33. The van der Waals surface area contributed by atoms with Gasteiger partial charge in [0.05, 0.1) is 23.8 Å². The maximum Gasteiger partial charge on any atom is 0.256 e. The number of carbonyl (C=O) groups is 1. The SMILES string of the molecule is C[C@@H](c1c(F)cc(Br)cc1F)N1Cc2ncccc2C1=O. The number of amides is 1. The van der Waals surface area contributed by atoms with Crippen molar-refractivity contribution < 1.29 is 13.6 Å². The summed E-state index contributed by atoms with van der Waals surface area (Å²) in [5, 5.41) is 0. The number of hydrogen-bond donors (Lipinski definition) is 0. The summed E-state index contributed by atoms with van der Waals surface area (Å²) in [7, 11) is 0. The van der Waals surface area contributed by atoms with Crippen LogP contribution in [0.4, 0.5) is 8.78 Å². The summed E-state index contributed by atoms with van der Waals surface area (Å²) in [4.78, 5) is 17.9. The van der Waals surface area contributed by atoms with E-state index in [1.165, 1.54) is 17.0 Å². The first-order valence-corrected chi connectivity index (χ1v) is 7.17. The van der Waals surface area contributed by atoms with Crippen molar-refractivity contribution >= 4 is 21.8 Å². The molecule has 6 heteroatoms. The van der Waals surface area contributed by atoms with Crippen LogP contribution in [0.2, 0.25) is 0 Å². The summed E-state index contributed by atoms with van der Waals surface area (Å²) in [6.07, 6.45) is 1.60. The Balaban J connectivity index is 1.98. The highest BCUT2D eigenvalue weighted by atomic mass is 79.9. The van der Waals surface area contributed by atoms with Crippen molar-refractivity contribution in [1.29, 1.82) is 0 Å². The Bertz CT molecular complexity index is 712. The van der Waals surface area contributed by atoms with Gasteiger partial charge in [-0.3, -0.25) is 9.78 Å². The fraction of sp³-hybridized carbons (Fsp3) is 0.200. The zero-order valence-electron chi connectivity index (χ0n) is 11.1. The largest absolute Gasteiger partial charge is 0.326 e. The second-order valence-corrected chi connectivity index (χ2v) is 5.81. The van der Waals surface area contributed by atoms with E-state index in [1.807, 2.05) is 0 Å². The Morgan fingerprint density at radius 3 is 2.62 bits per heavy atom. The molecular formula is C15H11BrF2N2O. The van der Waals surface area contributed by atoms with E-state index in [2.05, 4.69) is 20.9 Å². The standard InChI is InChI=1S/C15H11BrF2N2O/c1-8(14-11(17)5-9(16)6-12(14)18)20-7-13-10(15(20)21)3-2-4-19-13/h2-6,8H,7H2,1H3/t8-/m0/s1. The van der Waals surface area contributed by atoms with Crippen molar-refractivity contribution in [2.24, 2.45) is 0 Å². The predicted molar refractivity (Wildman–Crippen MR) is 76.6 cm³/mol. The van der Waals surface area contributed by atoms with Crippen LogP contribution in [0.1, 0.15) is 34.6 Å². The summed E-state index contributed by atoms with van der Waals surface area (Å²) >= 11 is 3.04. The lowest BCUT2D eigenvalue weighted by Gasteiger charge is -2.25. The van der Waals surface area contributed by atoms with Gasteiger partial charge >= 0.3 is 0 Å². The molecule has 3 nitrogen and oxygen atoms in total. The lowest BCUT2D eigenvalue weighted by Crippen LogP contribution is -2.28. The quantitative estimate of drug-likeness (QED) is 0.822. The van der Waals surface area contributed by atoms with Crippen molar-refractivity contribution in [3.8, 4) is 0 Å². The van der Waals surface area contributed by atoms with E-state index in [0.29, 0.717) is 15.7 Å². The highest BCUT2D eigenvalue weighted by molar-refractivity contribution is 9.10. The molecule has 0 N–H and O–H groups in total. The summed E-state index contributed by atoms with van der Waals surface area (Å²) in [5.41, 5.74) is 1.01. The number of aromatic nitrogens is 1. The van der Waals surface area contributed by atoms with Gasteiger partial charge < -0.3 is 4.90 Å². The molecule has 1 amide bonds. The van der Waals surface area contributed by atoms with Crippen LogP contribution in [0.15, 0.2) is 34.9 Å². The zero-order valence-corrected chi connectivity index (χ0v) is 12.7. The van der Waals surface area contributed by atoms with Crippen molar-refractivity contribution in [2.45, 2.75) is 19.5 Å². The molecule has 2 aromatic rings. The minimum Gasteiger partial charge on any atom is -0.326 e. The fourth-order valence-electron chi connectivity index (χ4n) is 2.57. The Morgan fingerprint density at radius 2 is 2.00 bits per heavy atom. The van der Waals surface area contributed by atoms with E-state index >= 15 is 0 Å². The molecule has 2 heterocycles. The normalized spacial score (nSPS) is 15.2. The molecule has 1 aromatic heterocycles. The molecule has 108 valence electrons. The van der Waals surface area contributed by atoms with Crippen LogP contribution >= 0.6 is 15.9 Å². The number of halogens is 3. The van der Waals surface area contributed by atoms with Gasteiger partial charge in [0, 0.05) is 16.2 Å². The van der Waals surface area contributed by atoms with E-state index in [9.17, 15) is 13.6 Å². The van der Waals surface area contributed by atoms with Gasteiger partial charge in [-0.2, -0.15) is 0 Å². The first-order chi connectivity index (χ1) is 9.99. The summed E-state index contributed by atoms with van der Waals surface area (Å²) in [6.45, 7) is 1.87. The molecule has 0 radical (unpaired) electrons. The third kappa shape index (κ3) is 2.33. The van der Waals surface area contributed by atoms with Crippen molar-refractivity contribution in [3.05, 3.63) is 63.4 Å². The number of nitrogens with zero attached hydrogens (tertiary/aromatic N) is 2. The van der Waals surface area contributed by atoms with Gasteiger partial charge in [-0.15, -0.1) is 0 Å². The lowest BCUT2D eigenvalue weighted by molar-refractivity contribution is 0.0709. The van der Waals surface area contributed by atoms with E-state index in [-0.39, 0.29) is 18.0 Å². The third-order valence-electron chi connectivity index (χ3n) is 3.63. The number of pyridine rings is 1. The van der Waals surface area contributed by atoms with E-state index in [1.54, 1.807) is 25.3 Å². The summed E-state index contributed by atoms with van der Waals surface area (Å²) in [6, 6.07) is 5.03. The molecule has 0 aliphatic carbocycles. The lowest BCUT2D eigenvalue weighted by atomic mass is 10.1. The maximum absolute atomic E-state index is 14.0. The van der Waals surface area contributed by atoms with Gasteiger partial charge in [0.2, 0.25) is 0 Å².